The number of hydrogen-bond acceptors (Lipinski definition) is 2. The Morgan fingerprint density at radius 1 is 1.40 bits per heavy atom. The van der Waals surface area contributed by atoms with Crippen LogP contribution in [0.4, 0.5) is 0 Å². The zero-order chi connectivity index (χ0) is 3.58. The Morgan fingerprint density at radius 3 is 1.40 bits per heavy atom. The Kier molecular flexibility index (Phi) is 11.6. The van der Waals surface area contributed by atoms with E-state index in [1.54, 1.807) is 0 Å². The fourth-order valence-electron chi connectivity index (χ4n) is 0. The van der Waals surface area contributed by atoms with Gasteiger partial charge in [-0.1, -0.05) is 0 Å². The third-order valence-corrected chi connectivity index (χ3v) is 0. The first-order chi connectivity index (χ1) is 1.73. The summed E-state index contributed by atoms with van der Waals surface area (Å²) in [5, 5.41) is 14.8. The molecule has 2 N–H and O–H groups in total. The molecule has 0 saturated carbocycles. The Morgan fingerprint density at radius 2 is 1.40 bits per heavy atom. The van der Waals surface area contributed by atoms with Crippen molar-refractivity contribution in [2.45, 2.75) is 0 Å². The maximum absolute atomic E-state index is 7.38. The third kappa shape index (κ3) is 25.4. The second-order valence-electron chi connectivity index (χ2n) is 0.311. The van der Waals surface area contributed by atoms with Crippen LogP contribution in [-0.2, 0) is 0 Å². The zero-order valence-corrected chi connectivity index (χ0v) is 2.61. The standard InChI is InChI=1S/BClH2O2.Ba.2H/c2-1(3)4;;;/h3-4H;;;. The molecular weight excluding hydrogens is 216 g/mol. The molecule has 5 heteroatoms. The molecule has 5 heavy (non-hydrogen) atoms. The summed E-state index contributed by atoms with van der Waals surface area (Å²) in [6.45, 7) is -1.69. The Hall–Kier alpha value is 1.85. The van der Waals surface area contributed by atoms with E-state index in [1.807, 2.05) is 0 Å². The predicted octanol–water partition coefficient (Wildman–Crippen LogP) is -1.72. The van der Waals surface area contributed by atoms with Crippen molar-refractivity contribution in [1.82, 2.24) is 0 Å². The molecule has 0 atom stereocenters. The summed E-state index contributed by atoms with van der Waals surface area (Å²) in [6, 6.07) is 0. The van der Waals surface area contributed by atoms with Crippen LogP contribution in [0.25, 0.3) is 0 Å². The van der Waals surface area contributed by atoms with Gasteiger partial charge in [-0.15, -0.1) is 11.5 Å². The summed E-state index contributed by atoms with van der Waals surface area (Å²) in [4.78, 5) is 0. The van der Waals surface area contributed by atoms with Gasteiger partial charge in [-0.05, 0) is 0 Å². The van der Waals surface area contributed by atoms with Gasteiger partial charge in [0.1, 0.15) is 0 Å². The van der Waals surface area contributed by atoms with Crippen LogP contribution >= 0.6 is 11.5 Å². The molecule has 0 bridgehead atoms. The van der Waals surface area contributed by atoms with Crippen molar-refractivity contribution in [3.8, 4) is 0 Å². The average molecular weight is 220 g/mol. The van der Waals surface area contributed by atoms with Gasteiger partial charge in [0, 0.05) is 0 Å². The van der Waals surface area contributed by atoms with Crippen molar-refractivity contribution < 1.29 is 10.0 Å². The minimum absolute atomic E-state index is 0. The quantitative estimate of drug-likeness (QED) is 0.476. The fourth-order valence-corrected chi connectivity index (χ4v) is 0. The van der Waals surface area contributed by atoms with Crippen molar-refractivity contribution in [3.63, 3.8) is 0 Å². The Labute approximate surface area is 75.7 Å². The first kappa shape index (κ1) is 9.96. The molecule has 0 amide bonds. The van der Waals surface area contributed by atoms with E-state index < -0.39 is 6.53 Å². The number of halogens is 1. The van der Waals surface area contributed by atoms with Gasteiger partial charge in [0.15, 0.2) is 0 Å². The van der Waals surface area contributed by atoms with Gasteiger partial charge in [-0.3, -0.25) is 0 Å². The van der Waals surface area contributed by atoms with E-state index in [0.717, 1.165) is 0 Å². The minimum atomic E-state index is -1.69. The second-order valence-corrected chi connectivity index (χ2v) is 0.701. The van der Waals surface area contributed by atoms with Crippen molar-refractivity contribution in [1.29, 1.82) is 0 Å². The molecule has 0 radical (unpaired) electrons. The molecule has 0 unspecified atom stereocenters. The molecule has 0 fully saturated rings. The normalized spacial score (nSPS) is 5.40. The van der Waals surface area contributed by atoms with Crippen LogP contribution in [0.15, 0.2) is 0 Å². The van der Waals surface area contributed by atoms with E-state index in [4.69, 9.17) is 10.0 Å². The average Bonchev–Trinajstić information content (AvgIpc) is 0.811. The van der Waals surface area contributed by atoms with Crippen LogP contribution in [0.2, 0.25) is 0 Å². The van der Waals surface area contributed by atoms with Gasteiger partial charge >= 0.3 is 55.4 Å². The van der Waals surface area contributed by atoms with Crippen LogP contribution in [-0.4, -0.2) is 65.5 Å². The maximum atomic E-state index is 7.38. The number of rotatable bonds is 0. The van der Waals surface area contributed by atoms with Crippen LogP contribution in [0.3, 0.4) is 0 Å². The molecule has 0 spiro atoms. The predicted molar refractivity (Wildman–Crippen MR) is 24.6 cm³/mol. The summed E-state index contributed by atoms with van der Waals surface area (Å²) < 4.78 is 0. The van der Waals surface area contributed by atoms with E-state index in [-0.39, 0.29) is 48.9 Å². The van der Waals surface area contributed by atoms with Gasteiger partial charge in [-0.25, -0.2) is 0 Å². The van der Waals surface area contributed by atoms with Crippen molar-refractivity contribution >= 4 is 66.9 Å². The fraction of sp³-hybridized carbons (Fsp3) is 0. The number of hydrogen-bond donors (Lipinski definition) is 2. The summed E-state index contributed by atoms with van der Waals surface area (Å²) in [6.07, 6.45) is 0. The van der Waals surface area contributed by atoms with E-state index in [9.17, 15) is 0 Å². The van der Waals surface area contributed by atoms with Gasteiger partial charge in [0.2, 0.25) is 0 Å². The van der Waals surface area contributed by atoms with E-state index in [0.29, 0.717) is 0 Å². The molecule has 0 aliphatic heterocycles. The first-order valence-electron chi connectivity index (χ1n) is 0.735. The van der Waals surface area contributed by atoms with Crippen molar-refractivity contribution in [2.24, 2.45) is 0 Å². The summed E-state index contributed by atoms with van der Waals surface area (Å²) in [5.74, 6) is 0. The first-order valence-corrected chi connectivity index (χ1v) is 1.17. The van der Waals surface area contributed by atoms with Crippen LogP contribution in [0.5, 0.6) is 0 Å². The van der Waals surface area contributed by atoms with E-state index >= 15 is 0 Å². The Bertz CT molecular complexity index is 14.4. The topological polar surface area (TPSA) is 40.5 Å². The Balaban J connectivity index is 0. The molecule has 0 heterocycles. The summed E-state index contributed by atoms with van der Waals surface area (Å²) in [7, 11) is 0. The third-order valence-electron chi connectivity index (χ3n) is 0. The summed E-state index contributed by atoms with van der Waals surface area (Å²) in [5.41, 5.74) is 0. The molecule has 0 aromatic heterocycles. The molecule has 0 aliphatic rings. The summed E-state index contributed by atoms with van der Waals surface area (Å²) >= 11 is 4.39. The van der Waals surface area contributed by atoms with Crippen molar-refractivity contribution in [3.05, 3.63) is 0 Å². The molecular formula is H4BBaClO2. The van der Waals surface area contributed by atoms with Gasteiger partial charge < -0.3 is 10.0 Å². The molecule has 0 saturated heterocycles. The second kappa shape index (κ2) is 5.85. The molecule has 0 aromatic rings. The molecule has 2 nitrogen and oxygen atoms in total. The van der Waals surface area contributed by atoms with Crippen molar-refractivity contribution in [2.75, 3.05) is 0 Å². The van der Waals surface area contributed by atoms with Crippen LogP contribution in [0.1, 0.15) is 0 Å². The molecule has 0 rings (SSSR count). The SMILES string of the molecule is OB(O)Cl.[BaH2]. The molecule has 0 aromatic carbocycles. The van der Waals surface area contributed by atoms with Gasteiger partial charge in [0.25, 0.3) is 0 Å². The van der Waals surface area contributed by atoms with E-state index in [1.165, 1.54) is 0 Å². The van der Waals surface area contributed by atoms with E-state index in [2.05, 4.69) is 11.5 Å². The molecule has 0 aliphatic carbocycles. The van der Waals surface area contributed by atoms with Gasteiger partial charge in [-0.2, -0.15) is 0 Å². The monoisotopic (exact) mass is 220 g/mol. The van der Waals surface area contributed by atoms with Gasteiger partial charge in [0.05, 0.1) is 0 Å². The molecule has 28 valence electrons. The van der Waals surface area contributed by atoms with Crippen LogP contribution < -0.4 is 0 Å². The van der Waals surface area contributed by atoms with Crippen LogP contribution in [0, 0.1) is 0 Å². The zero-order valence-electron chi connectivity index (χ0n) is 1.85.